The molecule has 0 saturated carbocycles. The summed E-state index contributed by atoms with van der Waals surface area (Å²) in [6.45, 7) is 2.39. The molecule has 0 bridgehead atoms. The number of nitrogens with zero attached hydrogens (tertiary/aromatic N) is 1. The lowest BCUT2D eigenvalue weighted by molar-refractivity contribution is -0.128. The highest BCUT2D eigenvalue weighted by Gasteiger charge is 2.32. The largest absolute Gasteiger partial charge is 0.388 e. The van der Waals surface area contributed by atoms with Gasteiger partial charge >= 0.3 is 0 Å². The van der Waals surface area contributed by atoms with Crippen LogP contribution in [0.3, 0.4) is 0 Å². The van der Waals surface area contributed by atoms with E-state index in [0.717, 1.165) is 0 Å². The molecule has 0 spiro atoms. The molecule has 0 unspecified atom stereocenters. The zero-order chi connectivity index (χ0) is 8.43. The number of likely N-dealkylation sites (tertiary alicyclic amines) is 1. The van der Waals surface area contributed by atoms with Crippen LogP contribution in [-0.4, -0.2) is 48.3 Å². The van der Waals surface area contributed by atoms with E-state index in [-0.39, 0.29) is 12.0 Å². The number of methoxy groups -OCH3 is 1. The Bertz CT molecular complexity index is 160. The lowest BCUT2D eigenvalue weighted by Crippen LogP contribution is -2.27. The average molecular weight is 159 g/mol. The van der Waals surface area contributed by atoms with Gasteiger partial charge in [-0.25, -0.2) is 0 Å². The predicted octanol–water partition coefficient (Wildman–Crippen LogP) is -0.776. The molecule has 0 aromatic carbocycles. The Morgan fingerprint density at radius 2 is 2.27 bits per heavy atom. The summed E-state index contributed by atoms with van der Waals surface area (Å²) in [6.07, 6.45) is -0.734. The molecule has 64 valence electrons. The van der Waals surface area contributed by atoms with E-state index >= 15 is 0 Å². The second-order valence-electron chi connectivity index (χ2n) is 2.77. The highest BCUT2D eigenvalue weighted by Crippen LogP contribution is 2.12. The van der Waals surface area contributed by atoms with E-state index in [1.54, 1.807) is 4.90 Å². The van der Waals surface area contributed by atoms with Crippen molar-refractivity contribution in [2.45, 2.75) is 19.1 Å². The van der Waals surface area contributed by atoms with Crippen molar-refractivity contribution in [1.29, 1.82) is 0 Å². The highest BCUT2D eigenvalue weighted by atomic mass is 16.5. The zero-order valence-corrected chi connectivity index (χ0v) is 6.78. The Morgan fingerprint density at radius 3 is 2.55 bits per heavy atom. The highest BCUT2D eigenvalue weighted by molar-refractivity contribution is 5.73. The topological polar surface area (TPSA) is 49.8 Å². The molecule has 1 heterocycles. The zero-order valence-electron chi connectivity index (χ0n) is 6.78. The number of amides is 1. The van der Waals surface area contributed by atoms with Crippen molar-refractivity contribution in [3.8, 4) is 0 Å². The second kappa shape index (κ2) is 3.19. The summed E-state index contributed by atoms with van der Waals surface area (Å²) < 4.78 is 4.96. The van der Waals surface area contributed by atoms with Crippen molar-refractivity contribution >= 4 is 5.91 Å². The summed E-state index contributed by atoms with van der Waals surface area (Å²) in [6, 6.07) is 0. The lowest BCUT2D eigenvalue weighted by atomic mass is 10.3. The third-order valence-electron chi connectivity index (χ3n) is 1.99. The maximum Gasteiger partial charge on any atom is 0.219 e. The van der Waals surface area contributed by atoms with Crippen LogP contribution in [0.25, 0.3) is 0 Å². The number of ether oxygens (including phenoxy) is 1. The molecular weight excluding hydrogens is 146 g/mol. The van der Waals surface area contributed by atoms with E-state index in [1.807, 2.05) is 0 Å². The minimum Gasteiger partial charge on any atom is -0.388 e. The van der Waals surface area contributed by atoms with Gasteiger partial charge in [0.05, 0.1) is 6.10 Å². The maximum atomic E-state index is 10.8. The Kier molecular flexibility index (Phi) is 2.46. The number of rotatable bonds is 1. The van der Waals surface area contributed by atoms with Gasteiger partial charge in [-0.1, -0.05) is 0 Å². The lowest BCUT2D eigenvalue weighted by Gasteiger charge is -2.11. The van der Waals surface area contributed by atoms with Gasteiger partial charge in [0.1, 0.15) is 6.10 Å². The predicted molar refractivity (Wildman–Crippen MR) is 39.1 cm³/mol. The second-order valence-corrected chi connectivity index (χ2v) is 2.77. The van der Waals surface area contributed by atoms with Crippen LogP contribution in [-0.2, 0) is 9.53 Å². The average Bonchev–Trinajstić information content (AvgIpc) is 2.31. The summed E-state index contributed by atoms with van der Waals surface area (Å²) in [5, 5.41) is 9.29. The molecule has 1 fully saturated rings. The fraction of sp³-hybridized carbons (Fsp3) is 0.857. The first kappa shape index (κ1) is 8.49. The summed E-state index contributed by atoms with van der Waals surface area (Å²) >= 11 is 0. The number of hydrogen-bond donors (Lipinski definition) is 1. The van der Waals surface area contributed by atoms with E-state index in [1.165, 1.54) is 14.0 Å². The fourth-order valence-corrected chi connectivity index (χ4v) is 1.25. The molecular formula is C7H13NO3. The van der Waals surface area contributed by atoms with Crippen LogP contribution < -0.4 is 0 Å². The number of carbonyl (C=O) groups excluding carboxylic acids is 1. The monoisotopic (exact) mass is 159 g/mol. The van der Waals surface area contributed by atoms with Crippen molar-refractivity contribution in [1.82, 2.24) is 4.90 Å². The number of β-amino-alcohol motifs (C(OH)–C–C–N with tert-alkyl or cyclic N) is 1. The molecule has 1 aliphatic rings. The molecule has 1 rings (SSSR count). The number of hydrogen-bond acceptors (Lipinski definition) is 3. The summed E-state index contributed by atoms with van der Waals surface area (Å²) in [4.78, 5) is 12.4. The van der Waals surface area contributed by atoms with Gasteiger partial charge in [0, 0.05) is 27.1 Å². The molecule has 0 aliphatic carbocycles. The SMILES string of the molecule is CO[C@@H]1CN(C(C)=O)C[C@H]1O. The summed E-state index contributed by atoms with van der Waals surface area (Å²) in [7, 11) is 1.54. The Balaban J connectivity index is 2.49. The normalized spacial score (nSPS) is 31.0. The third-order valence-corrected chi connectivity index (χ3v) is 1.99. The van der Waals surface area contributed by atoms with Crippen molar-refractivity contribution in [2.24, 2.45) is 0 Å². The number of carbonyl (C=O) groups is 1. The standard InChI is InChI=1S/C7H13NO3/c1-5(9)8-3-6(10)7(4-8)11-2/h6-7,10H,3-4H2,1-2H3/t6-,7-/m1/s1. The van der Waals surface area contributed by atoms with Crippen molar-refractivity contribution in [3.63, 3.8) is 0 Å². The van der Waals surface area contributed by atoms with Crippen LogP contribution >= 0.6 is 0 Å². The number of aliphatic hydroxyl groups excluding tert-OH is 1. The van der Waals surface area contributed by atoms with Gasteiger partial charge in [0.15, 0.2) is 0 Å². The molecule has 0 aromatic heterocycles. The minimum absolute atomic E-state index is 0.0106. The molecule has 0 radical (unpaired) electrons. The first-order valence-corrected chi connectivity index (χ1v) is 3.61. The molecule has 2 atom stereocenters. The molecule has 4 heteroatoms. The molecule has 1 amide bonds. The van der Waals surface area contributed by atoms with Crippen LogP contribution in [0, 0.1) is 0 Å². The van der Waals surface area contributed by atoms with Gasteiger partial charge in [0.2, 0.25) is 5.91 Å². The number of aliphatic hydroxyl groups is 1. The van der Waals surface area contributed by atoms with Gasteiger partial charge in [-0.05, 0) is 0 Å². The first-order chi connectivity index (χ1) is 5.15. The summed E-state index contributed by atoms with van der Waals surface area (Å²) in [5.41, 5.74) is 0. The Hall–Kier alpha value is -0.610. The van der Waals surface area contributed by atoms with Gasteiger partial charge in [-0.2, -0.15) is 0 Å². The molecule has 0 aromatic rings. The van der Waals surface area contributed by atoms with Crippen LogP contribution in [0.2, 0.25) is 0 Å². The van der Waals surface area contributed by atoms with Crippen LogP contribution in [0.15, 0.2) is 0 Å². The molecule has 1 saturated heterocycles. The molecule has 1 N–H and O–H groups in total. The van der Waals surface area contributed by atoms with E-state index in [2.05, 4.69) is 0 Å². The van der Waals surface area contributed by atoms with Crippen LogP contribution in [0.1, 0.15) is 6.92 Å². The van der Waals surface area contributed by atoms with E-state index in [9.17, 15) is 9.90 Å². The van der Waals surface area contributed by atoms with Crippen molar-refractivity contribution in [2.75, 3.05) is 20.2 Å². The van der Waals surface area contributed by atoms with E-state index in [4.69, 9.17) is 4.74 Å². The molecule has 11 heavy (non-hydrogen) atoms. The summed E-state index contributed by atoms with van der Waals surface area (Å²) in [5.74, 6) is -0.0106. The first-order valence-electron chi connectivity index (χ1n) is 3.61. The van der Waals surface area contributed by atoms with Gasteiger partial charge in [-0.15, -0.1) is 0 Å². The minimum atomic E-state index is -0.524. The van der Waals surface area contributed by atoms with E-state index in [0.29, 0.717) is 13.1 Å². The Labute approximate surface area is 65.8 Å². The van der Waals surface area contributed by atoms with Gasteiger partial charge < -0.3 is 14.7 Å². The molecule has 1 aliphatic heterocycles. The third kappa shape index (κ3) is 1.70. The van der Waals surface area contributed by atoms with Crippen molar-refractivity contribution in [3.05, 3.63) is 0 Å². The van der Waals surface area contributed by atoms with Gasteiger partial charge in [-0.3, -0.25) is 4.79 Å². The fourth-order valence-electron chi connectivity index (χ4n) is 1.25. The van der Waals surface area contributed by atoms with Crippen molar-refractivity contribution < 1.29 is 14.6 Å². The van der Waals surface area contributed by atoms with Gasteiger partial charge in [0.25, 0.3) is 0 Å². The van der Waals surface area contributed by atoms with E-state index < -0.39 is 6.10 Å². The maximum absolute atomic E-state index is 10.8. The smallest absolute Gasteiger partial charge is 0.219 e. The van der Waals surface area contributed by atoms with Crippen LogP contribution in [0.4, 0.5) is 0 Å². The molecule has 4 nitrogen and oxygen atoms in total. The Morgan fingerprint density at radius 1 is 1.64 bits per heavy atom. The van der Waals surface area contributed by atoms with Crippen LogP contribution in [0.5, 0.6) is 0 Å². The quantitative estimate of drug-likeness (QED) is 0.546.